The highest BCUT2D eigenvalue weighted by molar-refractivity contribution is 7.89. The normalized spacial score (nSPS) is 21.3. The van der Waals surface area contributed by atoms with Gasteiger partial charge in [-0.15, -0.1) is 0 Å². The molecule has 3 aliphatic rings. The lowest BCUT2D eigenvalue weighted by Crippen LogP contribution is -2.46. The number of piperidine rings is 1. The lowest BCUT2D eigenvalue weighted by molar-refractivity contribution is -0.123. The van der Waals surface area contributed by atoms with Gasteiger partial charge in [0.05, 0.1) is 4.90 Å². The quantitative estimate of drug-likeness (QED) is 0.674. The number of amides is 2. The van der Waals surface area contributed by atoms with E-state index in [1.807, 2.05) is 23.1 Å². The summed E-state index contributed by atoms with van der Waals surface area (Å²) in [5.74, 6) is -0.0986. The number of rotatable bonds is 3. The van der Waals surface area contributed by atoms with Crippen molar-refractivity contribution in [3.63, 3.8) is 0 Å². The number of hydrogen-bond acceptors (Lipinski definition) is 4. The summed E-state index contributed by atoms with van der Waals surface area (Å²) >= 11 is 0. The highest BCUT2D eigenvalue weighted by Gasteiger charge is 2.38. The van der Waals surface area contributed by atoms with Crippen LogP contribution in [0.3, 0.4) is 0 Å². The number of sulfonamides is 1. The molecular formula is C26H31N3O4S. The van der Waals surface area contributed by atoms with Crippen LogP contribution in [-0.4, -0.2) is 50.2 Å². The Kier molecular flexibility index (Phi) is 5.98. The second kappa shape index (κ2) is 8.82. The van der Waals surface area contributed by atoms with Crippen molar-refractivity contribution in [2.24, 2.45) is 5.92 Å². The van der Waals surface area contributed by atoms with Crippen LogP contribution in [0.1, 0.15) is 44.2 Å². The third-order valence-electron chi connectivity index (χ3n) is 7.44. The summed E-state index contributed by atoms with van der Waals surface area (Å²) in [6, 6.07) is 13.2. The van der Waals surface area contributed by atoms with Gasteiger partial charge in [-0.05, 0) is 74.4 Å². The lowest BCUT2D eigenvalue weighted by atomic mass is 9.96. The predicted molar refractivity (Wildman–Crippen MR) is 131 cm³/mol. The first-order valence-corrected chi connectivity index (χ1v) is 13.5. The molecule has 0 radical (unpaired) electrons. The number of carbonyl (C=O) groups excluding carboxylic acids is 2. The van der Waals surface area contributed by atoms with Crippen molar-refractivity contribution in [1.29, 1.82) is 0 Å². The molecule has 0 saturated carbocycles. The number of nitrogens with zero attached hydrogens (tertiary/aromatic N) is 3. The van der Waals surface area contributed by atoms with Crippen LogP contribution < -0.4 is 9.80 Å². The molecule has 1 saturated heterocycles. The summed E-state index contributed by atoms with van der Waals surface area (Å²) in [6.07, 6.45) is 3.48. The molecule has 34 heavy (non-hydrogen) atoms. The number of carbonyl (C=O) groups is 2. The van der Waals surface area contributed by atoms with Gasteiger partial charge >= 0.3 is 0 Å². The second-order valence-electron chi connectivity index (χ2n) is 9.63. The van der Waals surface area contributed by atoms with Crippen molar-refractivity contribution in [3.8, 4) is 0 Å². The van der Waals surface area contributed by atoms with Crippen molar-refractivity contribution in [1.82, 2.24) is 4.31 Å². The molecule has 1 fully saturated rings. The highest BCUT2D eigenvalue weighted by atomic mass is 32.2. The first-order valence-electron chi connectivity index (χ1n) is 12.1. The van der Waals surface area contributed by atoms with E-state index in [4.69, 9.17) is 0 Å². The van der Waals surface area contributed by atoms with Gasteiger partial charge in [0.15, 0.2) is 0 Å². The van der Waals surface area contributed by atoms with E-state index in [0.717, 1.165) is 36.2 Å². The van der Waals surface area contributed by atoms with Gasteiger partial charge in [-0.25, -0.2) is 8.42 Å². The monoisotopic (exact) mass is 481 g/mol. The van der Waals surface area contributed by atoms with Crippen LogP contribution in [0, 0.1) is 5.92 Å². The summed E-state index contributed by atoms with van der Waals surface area (Å²) in [5.41, 5.74) is 3.89. The van der Waals surface area contributed by atoms with Gasteiger partial charge in [-0.3, -0.25) is 9.59 Å². The molecule has 0 bridgehead atoms. The molecule has 2 amide bonds. The first-order chi connectivity index (χ1) is 16.3. The van der Waals surface area contributed by atoms with Gasteiger partial charge in [0.25, 0.3) is 0 Å². The lowest BCUT2D eigenvalue weighted by Gasteiger charge is -2.34. The minimum Gasteiger partial charge on any atom is -0.312 e. The molecule has 3 heterocycles. The number of benzene rings is 2. The molecule has 0 unspecified atom stereocenters. The fourth-order valence-electron chi connectivity index (χ4n) is 5.65. The molecule has 180 valence electrons. The zero-order valence-corrected chi connectivity index (χ0v) is 20.6. The van der Waals surface area contributed by atoms with E-state index in [1.165, 1.54) is 16.8 Å². The van der Waals surface area contributed by atoms with Crippen LogP contribution in [0.25, 0.3) is 0 Å². The van der Waals surface area contributed by atoms with Crippen LogP contribution in [0.2, 0.25) is 0 Å². The molecule has 8 heteroatoms. The van der Waals surface area contributed by atoms with Gasteiger partial charge in [-0.1, -0.05) is 18.2 Å². The Bertz CT molecular complexity index is 1230. The maximum absolute atomic E-state index is 13.4. The topological polar surface area (TPSA) is 78.0 Å². The average molecular weight is 482 g/mol. The fraction of sp³-hybridized carbons (Fsp3) is 0.462. The van der Waals surface area contributed by atoms with Crippen molar-refractivity contribution in [2.75, 3.05) is 29.4 Å². The van der Waals surface area contributed by atoms with E-state index in [9.17, 15) is 18.0 Å². The Hall–Kier alpha value is -2.71. The third-order valence-corrected chi connectivity index (χ3v) is 9.33. The summed E-state index contributed by atoms with van der Waals surface area (Å²) in [5, 5.41) is 0. The van der Waals surface area contributed by atoms with Crippen LogP contribution in [0.5, 0.6) is 0 Å². The predicted octanol–water partition coefficient (Wildman–Crippen LogP) is 3.36. The first kappa shape index (κ1) is 23.1. The molecule has 0 aliphatic carbocycles. The molecule has 3 aliphatic heterocycles. The molecular weight excluding hydrogens is 450 g/mol. The minimum atomic E-state index is -3.66. The Morgan fingerprint density at radius 2 is 1.68 bits per heavy atom. The van der Waals surface area contributed by atoms with Gasteiger partial charge in [0.2, 0.25) is 21.8 Å². The van der Waals surface area contributed by atoms with Crippen molar-refractivity contribution in [2.45, 2.75) is 56.9 Å². The summed E-state index contributed by atoms with van der Waals surface area (Å²) < 4.78 is 28.3. The van der Waals surface area contributed by atoms with Crippen molar-refractivity contribution < 1.29 is 18.0 Å². The average Bonchev–Trinajstić information content (AvgIpc) is 3.18. The molecule has 0 N–H and O–H groups in total. The maximum Gasteiger partial charge on any atom is 0.243 e. The smallest absolute Gasteiger partial charge is 0.243 e. The van der Waals surface area contributed by atoms with Crippen LogP contribution in [0.4, 0.5) is 11.4 Å². The van der Waals surface area contributed by atoms with Gasteiger partial charge in [0.1, 0.15) is 0 Å². The zero-order valence-electron chi connectivity index (χ0n) is 19.7. The largest absolute Gasteiger partial charge is 0.312 e. The Balaban J connectivity index is 1.29. The highest BCUT2D eigenvalue weighted by Crippen LogP contribution is 2.36. The summed E-state index contributed by atoms with van der Waals surface area (Å²) in [7, 11) is -3.66. The molecule has 0 aromatic heterocycles. The van der Waals surface area contributed by atoms with Gasteiger partial charge in [-0.2, -0.15) is 4.31 Å². The maximum atomic E-state index is 13.4. The minimum absolute atomic E-state index is 0.0294. The van der Waals surface area contributed by atoms with E-state index in [0.29, 0.717) is 32.5 Å². The molecule has 2 aromatic carbocycles. The Labute approximate surface area is 201 Å². The van der Waals surface area contributed by atoms with Crippen molar-refractivity contribution in [3.05, 3.63) is 53.6 Å². The Morgan fingerprint density at radius 1 is 0.941 bits per heavy atom. The van der Waals surface area contributed by atoms with Crippen molar-refractivity contribution >= 4 is 33.2 Å². The number of fused-ring (bicyclic) bond motifs is 2. The third kappa shape index (κ3) is 3.92. The molecule has 0 spiro atoms. The Morgan fingerprint density at radius 3 is 2.41 bits per heavy atom. The standard InChI is InChI=1S/C26H31N3O4S/c1-18-16-21-6-3-4-8-25(21)29(18)26(31)20-11-14-27(15-12-20)34(32,33)23-9-10-24-22(17-23)7-5-13-28(24)19(2)30/h3-4,6,8-10,17-18,20H,5,7,11-16H2,1-2H3/t18-/m0/s1. The molecule has 2 aromatic rings. The summed E-state index contributed by atoms with van der Waals surface area (Å²) in [4.78, 5) is 29.2. The van der Waals surface area contributed by atoms with Crippen LogP contribution in [-0.2, 0) is 32.5 Å². The number of aryl methyl sites for hydroxylation is 1. The number of hydrogen-bond donors (Lipinski definition) is 0. The van der Waals surface area contributed by atoms with E-state index < -0.39 is 10.0 Å². The number of para-hydroxylation sites is 1. The molecule has 7 nitrogen and oxygen atoms in total. The molecule has 1 atom stereocenters. The zero-order chi connectivity index (χ0) is 24.0. The van der Waals surface area contributed by atoms with E-state index in [-0.39, 0.29) is 28.7 Å². The van der Waals surface area contributed by atoms with Gasteiger partial charge in [0, 0.05) is 49.9 Å². The number of anilines is 2. The van der Waals surface area contributed by atoms with E-state index in [1.54, 1.807) is 23.1 Å². The SMILES string of the molecule is CC(=O)N1CCCc2cc(S(=O)(=O)N3CCC(C(=O)N4c5ccccc5C[C@@H]4C)CC3)ccc21. The van der Waals surface area contributed by atoms with E-state index in [2.05, 4.69) is 13.0 Å². The fourth-order valence-corrected chi connectivity index (χ4v) is 7.17. The van der Waals surface area contributed by atoms with E-state index >= 15 is 0 Å². The van der Waals surface area contributed by atoms with Crippen LogP contribution in [0.15, 0.2) is 47.4 Å². The molecule has 5 rings (SSSR count). The summed E-state index contributed by atoms with van der Waals surface area (Å²) in [6.45, 7) is 4.93. The van der Waals surface area contributed by atoms with Gasteiger partial charge < -0.3 is 9.80 Å². The second-order valence-corrected chi connectivity index (χ2v) is 11.6. The van der Waals surface area contributed by atoms with Crippen LogP contribution >= 0.6 is 0 Å².